The molecule has 0 saturated carbocycles. The van der Waals surface area contributed by atoms with Crippen molar-refractivity contribution in [3.8, 4) is 5.88 Å². The molecule has 3 aromatic rings. The summed E-state index contributed by atoms with van der Waals surface area (Å²) in [7, 11) is 1.64. The van der Waals surface area contributed by atoms with Gasteiger partial charge in [0.15, 0.2) is 0 Å². The van der Waals surface area contributed by atoms with E-state index in [1.54, 1.807) is 7.05 Å². The molecule has 1 heterocycles. The smallest absolute Gasteiger partial charge is 0.389 e. The molecule has 0 N–H and O–H groups in total. The van der Waals surface area contributed by atoms with Crippen LogP contribution in [0, 0.1) is 0 Å². The summed E-state index contributed by atoms with van der Waals surface area (Å²) in [6.07, 6.45) is 0.935. The fraction of sp³-hybridized carbons (Fsp3) is 0.0625. The minimum absolute atomic E-state index is 0.182. The number of amides is 1. The Labute approximate surface area is 121 Å². The van der Waals surface area contributed by atoms with Crippen LogP contribution in [0.5, 0.6) is 5.88 Å². The number of para-hydroxylation sites is 3. The van der Waals surface area contributed by atoms with E-state index in [0.29, 0.717) is 5.52 Å². The van der Waals surface area contributed by atoms with Crippen molar-refractivity contribution < 1.29 is 9.53 Å². The van der Waals surface area contributed by atoms with Crippen molar-refractivity contribution >= 4 is 22.8 Å². The fourth-order valence-corrected chi connectivity index (χ4v) is 1.90. The zero-order chi connectivity index (χ0) is 14.7. The predicted octanol–water partition coefficient (Wildman–Crippen LogP) is 3.27. The number of carbonyl (C=O) groups excluding carboxylic acids is 1. The van der Waals surface area contributed by atoms with Crippen LogP contribution >= 0.6 is 0 Å². The minimum atomic E-state index is -0.509. The van der Waals surface area contributed by atoms with Crippen molar-refractivity contribution in [2.24, 2.45) is 0 Å². The number of fused-ring (bicyclic) bond motifs is 1. The van der Waals surface area contributed by atoms with Crippen LogP contribution in [0.25, 0.3) is 11.0 Å². The highest BCUT2D eigenvalue weighted by molar-refractivity contribution is 5.88. The second-order valence-corrected chi connectivity index (χ2v) is 4.46. The minimum Gasteiger partial charge on any atom is -0.389 e. The molecule has 104 valence electrons. The van der Waals surface area contributed by atoms with Gasteiger partial charge in [0.2, 0.25) is 5.88 Å². The molecule has 0 aliphatic carbocycles. The molecule has 3 rings (SSSR count). The number of ether oxygens (including phenoxy) is 1. The van der Waals surface area contributed by atoms with Crippen molar-refractivity contribution in [2.75, 3.05) is 11.9 Å². The lowest BCUT2D eigenvalue weighted by Gasteiger charge is -2.16. The molecular formula is C16H13N3O2. The summed E-state index contributed by atoms with van der Waals surface area (Å²) in [4.78, 5) is 22.0. The Bertz CT molecular complexity index is 775. The molecular weight excluding hydrogens is 266 g/mol. The largest absolute Gasteiger partial charge is 0.420 e. The molecule has 1 amide bonds. The Kier molecular flexibility index (Phi) is 3.47. The number of rotatable bonds is 2. The Morgan fingerprint density at radius 2 is 1.67 bits per heavy atom. The average molecular weight is 279 g/mol. The van der Waals surface area contributed by atoms with Gasteiger partial charge in [0.05, 0.1) is 17.2 Å². The summed E-state index contributed by atoms with van der Waals surface area (Å²) >= 11 is 0. The first-order valence-corrected chi connectivity index (χ1v) is 6.46. The van der Waals surface area contributed by atoms with Gasteiger partial charge in [-0.1, -0.05) is 30.3 Å². The van der Waals surface area contributed by atoms with E-state index in [9.17, 15) is 4.79 Å². The Morgan fingerprint density at radius 1 is 1.00 bits per heavy atom. The second-order valence-electron chi connectivity index (χ2n) is 4.46. The zero-order valence-corrected chi connectivity index (χ0v) is 11.4. The van der Waals surface area contributed by atoms with Gasteiger partial charge in [0, 0.05) is 12.7 Å². The Morgan fingerprint density at radius 3 is 2.43 bits per heavy atom. The normalized spacial score (nSPS) is 10.3. The van der Waals surface area contributed by atoms with E-state index < -0.39 is 6.09 Å². The molecule has 0 bridgehead atoms. The lowest BCUT2D eigenvalue weighted by molar-refractivity contribution is 0.207. The van der Waals surface area contributed by atoms with Gasteiger partial charge in [-0.2, -0.15) is 0 Å². The van der Waals surface area contributed by atoms with E-state index in [0.717, 1.165) is 11.2 Å². The SMILES string of the molecule is CN(C(=O)Oc1cnc2ccccc2n1)c1ccccc1. The molecule has 0 saturated heterocycles. The maximum absolute atomic E-state index is 12.1. The Balaban J connectivity index is 1.80. The zero-order valence-electron chi connectivity index (χ0n) is 11.4. The maximum Gasteiger partial charge on any atom is 0.420 e. The quantitative estimate of drug-likeness (QED) is 0.722. The molecule has 21 heavy (non-hydrogen) atoms. The lowest BCUT2D eigenvalue weighted by Crippen LogP contribution is -2.29. The molecule has 0 aliphatic rings. The fourth-order valence-electron chi connectivity index (χ4n) is 1.90. The molecule has 0 spiro atoms. The van der Waals surface area contributed by atoms with E-state index in [1.165, 1.54) is 11.1 Å². The Hall–Kier alpha value is -2.95. The van der Waals surface area contributed by atoms with Crippen molar-refractivity contribution in [3.05, 3.63) is 60.8 Å². The molecule has 0 aliphatic heterocycles. The van der Waals surface area contributed by atoms with Crippen LogP contribution in [-0.2, 0) is 0 Å². The van der Waals surface area contributed by atoms with Crippen LogP contribution in [0.2, 0.25) is 0 Å². The van der Waals surface area contributed by atoms with Crippen LogP contribution in [0.1, 0.15) is 0 Å². The highest BCUT2D eigenvalue weighted by Crippen LogP contribution is 2.16. The van der Waals surface area contributed by atoms with Gasteiger partial charge in [0.25, 0.3) is 0 Å². The molecule has 1 aromatic heterocycles. The van der Waals surface area contributed by atoms with Gasteiger partial charge in [-0.25, -0.2) is 14.8 Å². The summed E-state index contributed by atoms with van der Waals surface area (Å²) in [5, 5.41) is 0. The molecule has 5 nitrogen and oxygen atoms in total. The van der Waals surface area contributed by atoms with Gasteiger partial charge in [-0.05, 0) is 24.3 Å². The van der Waals surface area contributed by atoms with Gasteiger partial charge in [-0.15, -0.1) is 0 Å². The molecule has 0 unspecified atom stereocenters. The first-order chi connectivity index (χ1) is 10.2. The number of nitrogens with zero attached hydrogens (tertiary/aromatic N) is 3. The monoisotopic (exact) mass is 279 g/mol. The number of benzene rings is 2. The standard InChI is InChI=1S/C16H13N3O2/c1-19(12-7-3-2-4-8-12)16(20)21-15-11-17-13-9-5-6-10-14(13)18-15/h2-11H,1H3. The molecule has 5 heteroatoms. The summed E-state index contributed by atoms with van der Waals surface area (Å²) in [5.41, 5.74) is 2.19. The van der Waals surface area contributed by atoms with Crippen LogP contribution in [0.3, 0.4) is 0 Å². The van der Waals surface area contributed by atoms with Gasteiger partial charge in [0.1, 0.15) is 0 Å². The number of aromatic nitrogens is 2. The first kappa shape index (κ1) is 13.1. The lowest BCUT2D eigenvalue weighted by atomic mass is 10.3. The van der Waals surface area contributed by atoms with Crippen LogP contribution in [0.15, 0.2) is 60.8 Å². The van der Waals surface area contributed by atoms with Crippen molar-refractivity contribution in [2.45, 2.75) is 0 Å². The first-order valence-electron chi connectivity index (χ1n) is 6.46. The maximum atomic E-state index is 12.1. The van der Waals surface area contributed by atoms with E-state index in [2.05, 4.69) is 9.97 Å². The third-order valence-electron chi connectivity index (χ3n) is 3.04. The average Bonchev–Trinajstić information content (AvgIpc) is 2.55. The van der Waals surface area contributed by atoms with Crippen molar-refractivity contribution in [1.82, 2.24) is 9.97 Å². The van der Waals surface area contributed by atoms with Crippen LogP contribution in [0.4, 0.5) is 10.5 Å². The highest BCUT2D eigenvalue weighted by atomic mass is 16.6. The molecule has 0 radical (unpaired) electrons. The summed E-state index contributed by atoms with van der Waals surface area (Å²) in [6.45, 7) is 0. The van der Waals surface area contributed by atoms with E-state index in [1.807, 2.05) is 54.6 Å². The van der Waals surface area contributed by atoms with E-state index in [-0.39, 0.29) is 5.88 Å². The number of hydrogen-bond acceptors (Lipinski definition) is 4. The summed E-state index contributed by atoms with van der Waals surface area (Å²) in [5.74, 6) is 0.182. The predicted molar refractivity (Wildman–Crippen MR) is 80.4 cm³/mol. The number of carbonyl (C=O) groups is 1. The highest BCUT2D eigenvalue weighted by Gasteiger charge is 2.14. The molecule has 2 aromatic carbocycles. The van der Waals surface area contributed by atoms with Crippen molar-refractivity contribution in [3.63, 3.8) is 0 Å². The number of hydrogen-bond donors (Lipinski definition) is 0. The third kappa shape index (κ3) is 2.81. The van der Waals surface area contributed by atoms with Gasteiger partial charge in [-0.3, -0.25) is 4.90 Å². The van der Waals surface area contributed by atoms with E-state index >= 15 is 0 Å². The van der Waals surface area contributed by atoms with Gasteiger partial charge < -0.3 is 4.74 Å². The van der Waals surface area contributed by atoms with Gasteiger partial charge >= 0.3 is 6.09 Å². The number of anilines is 1. The summed E-state index contributed by atoms with van der Waals surface area (Å²) < 4.78 is 5.25. The van der Waals surface area contributed by atoms with E-state index in [4.69, 9.17) is 4.74 Å². The molecule has 0 fully saturated rings. The second kappa shape index (κ2) is 5.58. The third-order valence-corrected chi connectivity index (χ3v) is 3.04. The molecule has 0 atom stereocenters. The summed E-state index contributed by atoms with van der Waals surface area (Å²) in [6, 6.07) is 16.7. The topological polar surface area (TPSA) is 55.3 Å². The van der Waals surface area contributed by atoms with Crippen LogP contribution < -0.4 is 9.64 Å². The van der Waals surface area contributed by atoms with Crippen LogP contribution in [-0.4, -0.2) is 23.1 Å². The van der Waals surface area contributed by atoms with Crippen molar-refractivity contribution in [1.29, 1.82) is 0 Å².